The number of hydrogen-bond donors (Lipinski definition) is 0. The van der Waals surface area contributed by atoms with Crippen molar-refractivity contribution in [2.24, 2.45) is 13.0 Å². The van der Waals surface area contributed by atoms with Crippen molar-refractivity contribution in [1.82, 2.24) is 19.4 Å². The topological polar surface area (TPSA) is 24.3 Å². The number of halogens is 2. The molecule has 0 saturated carbocycles. The Kier molecular flexibility index (Phi) is 3.87. The summed E-state index contributed by atoms with van der Waals surface area (Å²) in [5.41, 5.74) is 0.537. The predicted octanol–water partition coefficient (Wildman–Crippen LogP) is 2.76. The van der Waals surface area contributed by atoms with Crippen LogP contribution in [0.25, 0.3) is 0 Å². The maximum absolute atomic E-state index is 14.6. The van der Waals surface area contributed by atoms with Crippen LogP contribution in [0.3, 0.4) is 0 Å². The second kappa shape index (κ2) is 6.13. The molecule has 26 heavy (non-hydrogen) atoms. The number of imidazole rings is 1. The van der Waals surface area contributed by atoms with E-state index >= 15 is 0 Å². The average molecular weight is 358 g/mol. The molecule has 4 fully saturated rings. The van der Waals surface area contributed by atoms with Crippen LogP contribution >= 0.6 is 0 Å². The summed E-state index contributed by atoms with van der Waals surface area (Å²) in [5, 5.41) is 0. The van der Waals surface area contributed by atoms with Crippen LogP contribution in [0, 0.1) is 17.6 Å². The van der Waals surface area contributed by atoms with Crippen LogP contribution in [-0.4, -0.2) is 51.1 Å². The zero-order valence-corrected chi connectivity index (χ0v) is 15.0. The van der Waals surface area contributed by atoms with Crippen molar-refractivity contribution in [2.75, 3.05) is 19.6 Å². The summed E-state index contributed by atoms with van der Waals surface area (Å²) >= 11 is 0. The zero-order chi connectivity index (χ0) is 17.8. The fourth-order valence-corrected chi connectivity index (χ4v) is 5.53. The van der Waals surface area contributed by atoms with Crippen LogP contribution < -0.4 is 0 Å². The van der Waals surface area contributed by atoms with E-state index in [9.17, 15) is 8.78 Å². The van der Waals surface area contributed by atoms with Crippen molar-refractivity contribution in [3.05, 3.63) is 53.6 Å². The predicted molar refractivity (Wildman–Crippen MR) is 94.6 cm³/mol. The number of fused-ring (bicyclic) bond motifs is 2. The molecule has 6 rings (SSSR count). The smallest absolute Gasteiger partial charge is 0.162 e. The van der Waals surface area contributed by atoms with Gasteiger partial charge in [0.25, 0.3) is 0 Å². The van der Waals surface area contributed by atoms with Gasteiger partial charge in [0.2, 0.25) is 0 Å². The van der Waals surface area contributed by atoms with Gasteiger partial charge in [-0.25, -0.2) is 13.8 Å². The maximum Gasteiger partial charge on any atom is 0.162 e. The molecule has 138 valence electrons. The van der Waals surface area contributed by atoms with Gasteiger partial charge < -0.3 is 4.57 Å². The molecule has 3 atom stereocenters. The fourth-order valence-electron chi connectivity index (χ4n) is 5.53. The first-order chi connectivity index (χ1) is 12.6. The Morgan fingerprint density at radius 1 is 1.15 bits per heavy atom. The highest BCUT2D eigenvalue weighted by Gasteiger charge is 2.53. The number of aromatic nitrogens is 2. The first kappa shape index (κ1) is 16.4. The molecule has 1 aromatic heterocycles. The molecule has 0 unspecified atom stereocenters. The van der Waals surface area contributed by atoms with Crippen molar-refractivity contribution >= 4 is 0 Å². The highest BCUT2D eigenvalue weighted by Crippen LogP contribution is 2.47. The normalized spacial score (nSPS) is 33.6. The van der Waals surface area contributed by atoms with Crippen molar-refractivity contribution < 1.29 is 8.78 Å². The molecule has 0 spiro atoms. The van der Waals surface area contributed by atoms with Crippen molar-refractivity contribution in [3.8, 4) is 0 Å². The number of hydrogen-bond acceptors (Lipinski definition) is 3. The first-order valence-electron chi connectivity index (χ1n) is 9.51. The quantitative estimate of drug-likeness (QED) is 0.843. The SMILES string of the molecule is Cn1ccnc1CN1C[C@H](c2cccc(F)c2F)[C@H]2[C@@H]1C1CCN2CC1. The van der Waals surface area contributed by atoms with Gasteiger partial charge in [-0.05, 0) is 43.5 Å². The Labute approximate surface area is 152 Å². The van der Waals surface area contributed by atoms with Gasteiger partial charge in [0.1, 0.15) is 5.82 Å². The molecular weight excluding hydrogens is 334 g/mol. The van der Waals surface area contributed by atoms with Crippen LogP contribution in [-0.2, 0) is 13.6 Å². The molecule has 4 saturated heterocycles. The molecule has 4 nitrogen and oxygen atoms in total. The molecule has 0 amide bonds. The lowest BCUT2D eigenvalue weighted by Crippen LogP contribution is -2.60. The van der Waals surface area contributed by atoms with Gasteiger partial charge in [0, 0.05) is 44.0 Å². The Balaban J connectivity index is 1.52. The van der Waals surface area contributed by atoms with Crippen molar-refractivity contribution in [1.29, 1.82) is 0 Å². The van der Waals surface area contributed by atoms with E-state index in [0.29, 0.717) is 17.5 Å². The lowest BCUT2D eigenvalue weighted by atomic mass is 9.75. The highest BCUT2D eigenvalue weighted by atomic mass is 19.2. The minimum atomic E-state index is -0.738. The second-order valence-corrected chi connectivity index (χ2v) is 7.99. The van der Waals surface area contributed by atoms with Crippen LogP contribution in [0.4, 0.5) is 8.78 Å². The lowest BCUT2D eigenvalue weighted by molar-refractivity contribution is -0.00965. The van der Waals surface area contributed by atoms with Crippen LogP contribution in [0.15, 0.2) is 30.6 Å². The summed E-state index contributed by atoms with van der Waals surface area (Å²) in [6.07, 6.45) is 6.19. The average Bonchev–Trinajstić information content (AvgIpc) is 3.24. The van der Waals surface area contributed by atoms with E-state index < -0.39 is 11.6 Å². The summed E-state index contributed by atoms with van der Waals surface area (Å²) in [7, 11) is 2.01. The number of likely N-dealkylation sites (tertiary alicyclic amines) is 1. The number of aryl methyl sites for hydroxylation is 1. The van der Waals surface area contributed by atoms with Gasteiger partial charge in [0.15, 0.2) is 11.6 Å². The number of piperidine rings is 3. The summed E-state index contributed by atoms with van der Waals surface area (Å²) in [5.74, 6) is 0.279. The number of benzene rings is 1. The van der Waals surface area contributed by atoms with Crippen molar-refractivity contribution in [3.63, 3.8) is 0 Å². The van der Waals surface area contributed by atoms with Crippen molar-refractivity contribution in [2.45, 2.75) is 37.4 Å². The van der Waals surface area contributed by atoms with Crippen LogP contribution in [0.5, 0.6) is 0 Å². The van der Waals surface area contributed by atoms with Gasteiger partial charge in [-0.3, -0.25) is 9.80 Å². The van der Waals surface area contributed by atoms with Gasteiger partial charge in [-0.2, -0.15) is 0 Å². The molecule has 2 bridgehead atoms. The molecule has 2 aromatic rings. The Morgan fingerprint density at radius 3 is 2.69 bits per heavy atom. The largest absolute Gasteiger partial charge is 0.337 e. The minimum absolute atomic E-state index is 0.0130. The van der Waals surface area contributed by atoms with Crippen LogP contribution in [0.2, 0.25) is 0 Å². The first-order valence-corrected chi connectivity index (χ1v) is 9.51. The molecule has 0 radical (unpaired) electrons. The molecule has 0 aliphatic carbocycles. The van der Waals surface area contributed by atoms with E-state index in [1.54, 1.807) is 12.1 Å². The molecule has 6 heteroatoms. The summed E-state index contributed by atoms with van der Waals surface area (Å²) < 4.78 is 30.5. The lowest BCUT2D eigenvalue weighted by Gasteiger charge is -2.51. The molecule has 4 aliphatic rings. The fraction of sp³-hybridized carbons (Fsp3) is 0.550. The van der Waals surface area contributed by atoms with E-state index in [-0.39, 0.29) is 12.0 Å². The highest BCUT2D eigenvalue weighted by molar-refractivity contribution is 5.29. The second-order valence-electron chi connectivity index (χ2n) is 7.99. The van der Waals surface area contributed by atoms with Gasteiger partial charge in [0.05, 0.1) is 6.54 Å². The Hall–Kier alpha value is -1.79. The van der Waals surface area contributed by atoms with E-state index in [1.807, 2.05) is 24.0 Å². The summed E-state index contributed by atoms with van der Waals surface area (Å²) in [6.45, 7) is 3.68. The maximum atomic E-state index is 14.6. The van der Waals surface area contributed by atoms with E-state index in [2.05, 4.69) is 14.8 Å². The summed E-state index contributed by atoms with van der Waals surface area (Å²) in [6, 6.07) is 5.31. The minimum Gasteiger partial charge on any atom is -0.337 e. The van der Waals surface area contributed by atoms with E-state index in [0.717, 1.165) is 32.0 Å². The van der Waals surface area contributed by atoms with Gasteiger partial charge in [-0.15, -0.1) is 0 Å². The molecule has 1 aromatic carbocycles. The zero-order valence-electron chi connectivity index (χ0n) is 15.0. The third-order valence-electron chi connectivity index (χ3n) is 6.74. The van der Waals surface area contributed by atoms with E-state index in [4.69, 9.17) is 0 Å². The third-order valence-corrected chi connectivity index (χ3v) is 6.74. The number of nitrogens with zero attached hydrogens (tertiary/aromatic N) is 4. The Bertz CT molecular complexity index is 812. The number of rotatable bonds is 3. The van der Waals surface area contributed by atoms with Gasteiger partial charge in [-0.1, -0.05) is 12.1 Å². The Morgan fingerprint density at radius 2 is 1.96 bits per heavy atom. The monoisotopic (exact) mass is 358 g/mol. The van der Waals surface area contributed by atoms with Gasteiger partial charge >= 0.3 is 0 Å². The standard InChI is InChI=1S/C20H24F2N4/c1-24-10-7-23-17(24)12-26-11-15(14-3-2-4-16(21)18(14)22)20-19(26)13-5-8-25(20)9-6-13/h2-4,7,10,13,15,19-20H,5-6,8-9,11-12H2,1H3/t15-,19+,20+/m1/s1. The van der Waals surface area contributed by atoms with E-state index in [1.165, 1.54) is 18.9 Å². The molecular formula is C20H24F2N4. The molecule has 4 aliphatic heterocycles. The third kappa shape index (κ3) is 2.42. The molecule has 5 heterocycles. The summed E-state index contributed by atoms with van der Waals surface area (Å²) in [4.78, 5) is 9.46. The van der Waals surface area contributed by atoms with Crippen LogP contribution in [0.1, 0.15) is 30.1 Å². The molecule has 0 N–H and O–H groups in total.